The van der Waals surface area contributed by atoms with E-state index < -0.39 is 0 Å². The third kappa shape index (κ3) is 1.46. The van der Waals surface area contributed by atoms with Crippen molar-refractivity contribution in [3.63, 3.8) is 0 Å². The third-order valence-electron chi connectivity index (χ3n) is 2.14. The van der Waals surface area contributed by atoms with Gasteiger partial charge in [0.15, 0.2) is 5.78 Å². The maximum absolute atomic E-state index is 11.3. The van der Waals surface area contributed by atoms with Crippen LogP contribution >= 0.6 is 12.2 Å². The molecule has 0 saturated heterocycles. The molecule has 1 aromatic heterocycles. The third-order valence-corrected chi connectivity index (χ3v) is 2.38. The number of carbonyl (C=O) groups is 1. The highest BCUT2D eigenvalue weighted by atomic mass is 32.1. The number of aromatic nitrogens is 1. The van der Waals surface area contributed by atoms with Crippen LogP contribution in [0.15, 0.2) is 30.3 Å². The summed E-state index contributed by atoms with van der Waals surface area (Å²) >= 11 is 5.02. The van der Waals surface area contributed by atoms with Gasteiger partial charge in [-0.3, -0.25) is 4.79 Å². The highest BCUT2D eigenvalue weighted by Crippen LogP contribution is 2.16. The van der Waals surface area contributed by atoms with Crippen molar-refractivity contribution in [2.24, 2.45) is 0 Å². The van der Waals surface area contributed by atoms with Gasteiger partial charge in [0.25, 0.3) is 0 Å². The quantitative estimate of drug-likeness (QED) is 0.570. The van der Waals surface area contributed by atoms with E-state index in [1.165, 1.54) is 0 Å². The number of ketones is 1. The summed E-state index contributed by atoms with van der Waals surface area (Å²) in [7, 11) is 0. The number of nitrogens with one attached hydrogen (secondary N) is 1. The monoisotopic (exact) mass is 203 g/mol. The number of hydrogen-bond acceptors (Lipinski definition) is 2. The van der Waals surface area contributed by atoms with Crippen LogP contribution in [0.1, 0.15) is 17.3 Å². The molecule has 0 unspecified atom stereocenters. The molecule has 3 heteroatoms. The van der Waals surface area contributed by atoms with Crippen LogP contribution in [-0.4, -0.2) is 10.8 Å². The molecule has 0 atom stereocenters. The van der Waals surface area contributed by atoms with Crippen LogP contribution in [0, 0.1) is 4.64 Å². The predicted octanol–water partition coefficient (Wildman–Crippen LogP) is 3.10. The van der Waals surface area contributed by atoms with Gasteiger partial charge in [-0.15, -0.1) is 0 Å². The van der Waals surface area contributed by atoms with Crippen molar-refractivity contribution < 1.29 is 4.79 Å². The highest BCUT2D eigenvalue weighted by Gasteiger charge is 2.04. The van der Waals surface area contributed by atoms with Gasteiger partial charge in [-0.1, -0.05) is 24.4 Å². The van der Waals surface area contributed by atoms with Gasteiger partial charge in [-0.2, -0.15) is 0 Å². The molecular weight excluding hydrogens is 194 g/mol. The minimum absolute atomic E-state index is 0.0486. The van der Waals surface area contributed by atoms with Crippen LogP contribution in [0.4, 0.5) is 0 Å². The first-order chi connectivity index (χ1) is 6.68. The number of H-pyrrole nitrogens is 1. The van der Waals surface area contributed by atoms with E-state index in [4.69, 9.17) is 12.2 Å². The summed E-state index contributed by atoms with van der Waals surface area (Å²) in [5.41, 5.74) is 1.52. The Morgan fingerprint density at radius 3 is 2.79 bits per heavy atom. The van der Waals surface area contributed by atoms with Crippen molar-refractivity contribution >= 4 is 28.9 Å². The summed E-state index contributed by atoms with van der Waals surface area (Å²) in [6.07, 6.45) is 0. The summed E-state index contributed by atoms with van der Waals surface area (Å²) in [6.45, 7) is 1.55. The van der Waals surface area contributed by atoms with Gasteiger partial charge in [0.2, 0.25) is 0 Å². The molecule has 0 spiro atoms. The minimum Gasteiger partial charge on any atom is -0.346 e. The summed E-state index contributed by atoms with van der Waals surface area (Å²) in [5, 5.41) is 1.01. The summed E-state index contributed by atoms with van der Waals surface area (Å²) in [6, 6.07) is 9.36. The van der Waals surface area contributed by atoms with Crippen LogP contribution < -0.4 is 0 Å². The summed E-state index contributed by atoms with van der Waals surface area (Å²) in [4.78, 5) is 14.4. The van der Waals surface area contributed by atoms with Crippen LogP contribution in [0.2, 0.25) is 0 Å². The molecule has 1 N–H and O–H groups in total. The lowest BCUT2D eigenvalue weighted by atomic mass is 10.1. The lowest BCUT2D eigenvalue weighted by molar-refractivity contribution is 0.101. The van der Waals surface area contributed by atoms with Crippen molar-refractivity contribution in [3.05, 3.63) is 40.5 Å². The van der Waals surface area contributed by atoms with E-state index in [9.17, 15) is 4.79 Å². The topological polar surface area (TPSA) is 32.9 Å². The average Bonchev–Trinajstić information content (AvgIpc) is 2.16. The Bertz CT molecular complexity index is 556. The van der Waals surface area contributed by atoms with Crippen molar-refractivity contribution in [2.75, 3.05) is 0 Å². The number of fused-ring (bicyclic) bond motifs is 1. The Balaban J connectivity index is 2.91. The lowest BCUT2D eigenvalue weighted by Gasteiger charge is -2.02. The number of para-hydroxylation sites is 1. The predicted molar refractivity (Wildman–Crippen MR) is 59.1 cm³/mol. The fraction of sp³-hybridized carbons (Fsp3) is 0.0909. The SMILES string of the molecule is CC(=O)c1cccc2ccc(=S)[nH]c12. The molecule has 0 amide bonds. The largest absolute Gasteiger partial charge is 0.346 e. The second-order valence-corrected chi connectivity index (χ2v) is 3.59. The number of hydrogen-bond donors (Lipinski definition) is 1. The molecule has 1 heterocycles. The molecule has 0 saturated carbocycles. The van der Waals surface area contributed by atoms with E-state index in [2.05, 4.69) is 4.98 Å². The molecule has 2 nitrogen and oxygen atoms in total. The molecule has 0 aliphatic heterocycles. The molecule has 2 rings (SSSR count). The Labute approximate surface area is 86.6 Å². The van der Waals surface area contributed by atoms with E-state index in [0.29, 0.717) is 10.2 Å². The molecular formula is C11H9NOS. The number of carbonyl (C=O) groups excluding carboxylic acids is 1. The lowest BCUT2D eigenvalue weighted by Crippen LogP contribution is -1.95. The van der Waals surface area contributed by atoms with E-state index >= 15 is 0 Å². The van der Waals surface area contributed by atoms with Crippen LogP contribution in [0.3, 0.4) is 0 Å². The molecule has 0 fully saturated rings. The molecule has 70 valence electrons. The molecule has 0 radical (unpaired) electrons. The molecule has 0 aliphatic rings. The maximum atomic E-state index is 11.3. The molecule has 0 aliphatic carbocycles. The average molecular weight is 203 g/mol. The van der Waals surface area contributed by atoms with E-state index in [1.807, 2.05) is 24.3 Å². The van der Waals surface area contributed by atoms with E-state index in [0.717, 1.165) is 10.9 Å². The van der Waals surface area contributed by atoms with Crippen molar-refractivity contribution in [1.82, 2.24) is 4.98 Å². The Hall–Kier alpha value is -1.48. The number of Topliss-reactive ketones (excluding diaryl/α,β-unsaturated/α-hetero) is 1. The second kappa shape index (κ2) is 3.35. The molecule has 14 heavy (non-hydrogen) atoms. The fourth-order valence-corrected chi connectivity index (χ4v) is 1.64. The Morgan fingerprint density at radius 2 is 2.07 bits per heavy atom. The zero-order valence-electron chi connectivity index (χ0n) is 7.70. The van der Waals surface area contributed by atoms with Gasteiger partial charge in [0, 0.05) is 5.56 Å². The smallest absolute Gasteiger partial charge is 0.161 e. The number of benzene rings is 1. The van der Waals surface area contributed by atoms with Crippen LogP contribution in [-0.2, 0) is 0 Å². The van der Waals surface area contributed by atoms with Gasteiger partial charge in [0.1, 0.15) is 4.64 Å². The van der Waals surface area contributed by atoms with Crippen molar-refractivity contribution in [3.8, 4) is 0 Å². The van der Waals surface area contributed by atoms with E-state index in [-0.39, 0.29) is 5.78 Å². The standard InChI is InChI=1S/C11H9NOS/c1-7(13)9-4-2-3-8-5-6-10(14)12-11(8)9/h2-6H,1H3,(H,12,14). The zero-order valence-corrected chi connectivity index (χ0v) is 8.52. The summed E-state index contributed by atoms with van der Waals surface area (Å²) < 4.78 is 0.645. The van der Waals surface area contributed by atoms with Crippen molar-refractivity contribution in [1.29, 1.82) is 0 Å². The Morgan fingerprint density at radius 1 is 1.29 bits per heavy atom. The minimum atomic E-state index is 0.0486. The van der Waals surface area contributed by atoms with Gasteiger partial charge in [-0.25, -0.2) is 0 Å². The van der Waals surface area contributed by atoms with E-state index in [1.54, 1.807) is 13.0 Å². The van der Waals surface area contributed by atoms with Gasteiger partial charge in [-0.05, 0) is 30.5 Å². The first-order valence-electron chi connectivity index (χ1n) is 4.31. The maximum Gasteiger partial charge on any atom is 0.161 e. The van der Waals surface area contributed by atoms with Crippen LogP contribution in [0.5, 0.6) is 0 Å². The van der Waals surface area contributed by atoms with Gasteiger partial charge >= 0.3 is 0 Å². The van der Waals surface area contributed by atoms with Gasteiger partial charge in [0.05, 0.1) is 5.52 Å². The molecule has 1 aromatic carbocycles. The number of rotatable bonds is 1. The highest BCUT2D eigenvalue weighted by molar-refractivity contribution is 7.71. The normalized spacial score (nSPS) is 10.4. The van der Waals surface area contributed by atoms with Crippen molar-refractivity contribution in [2.45, 2.75) is 6.92 Å². The first kappa shape index (κ1) is 9.09. The number of pyridine rings is 1. The second-order valence-electron chi connectivity index (χ2n) is 3.15. The molecule has 0 bridgehead atoms. The molecule has 2 aromatic rings. The Kier molecular flexibility index (Phi) is 2.17. The number of aromatic amines is 1. The fourth-order valence-electron chi connectivity index (χ4n) is 1.47. The first-order valence-corrected chi connectivity index (χ1v) is 4.72. The summed E-state index contributed by atoms with van der Waals surface area (Å²) in [5.74, 6) is 0.0486. The van der Waals surface area contributed by atoms with Gasteiger partial charge < -0.3 is 4.98 Å². The zero-order chi connectivity index (χ0) is 10.1. The van der Waals surface area contributed by atoms with Crippen LogP contribution in [0.25, 0.3) is 10.9 Å².